The fourth-order valence-electron chi connectivity index (χ4n) is 4.38. The van der Waals surface area contributed by atoms with Gasteiger partial charge in [-0.15, -0.1) is 0 Å². The van der Waals surface area contributed by atoms with Crippen molar-refractivity contribution in [3.63, 3.8) is 0 Å². The van der Waals surface area contributed by atoms with Gasteiger partial charge in [0.1, 0.15) is 0 Å². The van der Waals surface area contributed by atoms with Crippen LogP contribution in [0, 0.1) is 11.8 Å². The first kappa shape index (κ1) is 19.3. The summed E-state index contributed by atoms with van der Waals surface area (Å²) in [4.78, 5) is 0. The lowest BCUT2D eigenvalue weighted by Crippen LogP contribution is -2.19. The number of unbranched alkanes of at least 4 members (excludes halogenated alkanes) is 2. The van der Waals surface area contributed by atoms with Crippen molar-refractivity contribution in [3.8, 4) is 0 Å². The van der Waals surface area contributed by atoms with Gasteiger partial charge in [0.05, 0.1) is 0 Å². The molecule has 0 bridgehead atoms. The van der Waals surface area contributed by atoms with Gasteiger partial charge in [0.25, 0.3) is 0 Å². The van der Waals surface area contributed by atoms with Crippen LogP contribution in [-0.4, -0.2) is 0 Å². The van der Waals surface area contributed by atoms with Gasteiger partial charge in [0.2, 0.25) is 0 Å². The number of aryl methyl sites for hydroxylation is 1. The number of hydrogen-bond acceptors (Lipinski definition) is 0. The summed E-state index contributed by atoms with van der Waals surface area (Å²) >= 11 is 0. The number of benzene rings is 1. The first-order valence-electron chi connectivity index (χ1n) is 10.5. The van der Waals surface area contributed by atoms with Crippen molar-refractivity contribution in [2.75, 3.05) is 0 Å². The summed E-state index contributed by atoms with van der Waals surface area (Å²) in [5, 5.41) is 0. The third-order valence-corrected chi connectivity index (χ3v) is 5.96. The van der Waals surface area contributed by atoms with Gasteiger partial charge in [-0.3, -0.25) is 0 Å². The average Bonchev–Trinajstić information content (AvgIpc) is 2.63. The summed E-state index contributed by atoms with van der Waals surface area (Å²) < 4.78 is 0. The van der Waals surface area contributed by atoms with Crippen molar-refractivity contribution >= 4 is 0 Å². The van der Waals surface area contributed by atoms with E-state index in [-0.39, 0.29) is 0 Å². The molecule has 0 heterocycles. The Balaban J connectivity index is 1.58. The van der Waals surface area contributed by atoms with Crippen molar-refractivity contribution in [2.45, 2.75) is 90.4 Å². The summed E-state index contributed by atoms with van der Waals surface area (Å²) in [5.74, 6) is 2.07. The molecule has 1 saturated carbocycles. The van der Waals surface area contributed by atoms with Gasteiger partial charge in [-0.1, -0.05) is 107 Å². The van der Waals surface area contributed by atoms with Crippen LogP contribution in [0.1, 0.15) is 89.5 Å². The van der Waals surface area contributed by atoms with Crippen molar-refractivity contribution in [3.05, 3.63) is 48.0 Å². The highest BCUT2D eigenvalue weighted by Crippen LogP contribution is 2.36. The SMILES string of the molecule is C=C(CCCCC1CCCCC1CCCC)CCc1ccccc1. The monoisotopic (exact) mass is 326 g/mol. The Labute approximate surface area is 150 Å². The Morgan fingerprint density at radius 3 is 2.25 bits per heavy atom. The fourth-order valence-corrected chi connectivity index (χ4v) is 4.38. The summed E-state index contributed by atoms with van der Waals surface area (Å²) in [6, 6.07) is 10.8. The molecule has 0 radical (unpaired) electrons. The highest BCUT2D eigenvalue weighted by atomic mass is 14.3. The molecular weight excluding hydrogens is 288 g/mol. The minimum atomic E-state index is 1.03. The van der Waals surface area contributed by atoms with Crippen molar-refractivity contribution in [1.29, 1.82) is 0 Å². The van der Waals surface area contributed by atoms with Crippen LogP contribution in [0.4, 0.5) is 0 Å². The van der Waals surface area contributed by atoms with Crippen molar-refractivity contribution in [1.82, 2.24) is 0 Å². The molecule has 1 fully saturated rings. The molecule has 0 saturated heterocycles. The van der Waals surface area contributed by atoms with E-state index < -0.39 is 0 Å². The zero-order valence-electron chi connectivity index (χ0n) is 15.9. The van der Waals surface area contributed by atoms with E-state index in [0.717, 1.165) is 24.7 Å². The lowest BCUT2D eigenvalue weighted by atomic mass is 9.74. The van der Waals surface area contributed by atoms with E-state index in [1.165, 1.54) is 81.8 Å². The zero-order chi connectivity index (χ0) is 17.0. The Morgan fingerprint density at radius 2 is 1.58 bits per heavy atom. The van der Waals surface area contributed by atoms with E-state index >= 15 is 0 Å². The fraction of sp³-hybridized carbons (Fsp3) is 0.667. The molecule has 1 aliphatic carbocycles. The highest BCUT2D eigenvalue weighted by molar-refractivity contribution is 5.16. The lowest BCUT2D eigenvalue weighted by Gasteiger charge is -2.31. The van der Waals surface area contributed by atoms with E-state index in [0.29, 0.717) is 0 Å². The van der Waals surface area contributed by atoms with Crippen LogP contribution in [0.3, 0.4) is 0 Å². The Hall–Kier alpha value is -1.04. The van der Waals surface area contributed by atoms with Crippen LogP contribution >= 0.6 is 0 Å². The molecule has 0 N–H and O–H groups in total. The van der Waals surface area contributed by atoms with Gasteiger partial charge in [0.15, 0.2) is 0 Å². The molecule has 0 nitrogen and oxygen atoms in total. The van der Waals surface area contributed by atoms with E-state index in [4.69, 9.17) is 0 Å². The molecule has 24 heavy (non-hydrogen) atoms. The summed E-state index contributed by atoms with van der Waals surface area (Å²) in [6.07, 6.45) is 18.1. The third-order valence-electron chi connectivity index (χ3n) is 5.96. The minimum Gasteiger partial charge on any atom is -0.0999 e. The molecule has 134 valence electrons. The van der Waals surface area contributed by atoms with Gasteiger partial charge < -0.3 is 0 Å². The lowest BCUT2D eigenvalue weighted by molar-refractivity contribution is 0.203. The smallest absolute Gasteiger partial charge is 0.0242 e. The third kappa shape index (κ3) is 7.24. The second-order valence-electron chi connectivity index (χ2n) is 7.93. The normalized spacial score (nSPS) is 20.9. The topological polar surface area (TPSA) is 0 Å². The first-order chi connectivity index (χ1) is 11.8. The van der Waals surface area contributed by atoms with Gasteiger partial charge >= 0.3 is 0 Å². The highest BCUT2D eigenvalue weighted by Gasteiger charge is 2.23. The van der Waals surface area contributed by atoms with E-state index in [2.05, 4.69) is 43.8 Å². The minimum absolute atomic E-state index is 1.03. The van der Waals surface area contributed by atoms with Gasteiger partial charge in [-0.05, 0) is 43.1 Å². The van der Waals surface area contributed by atoms with Gasteiger partial charge in [-0.25, -0.2) is 0 Å². The average molecular weight is 327 g/mol. The molecule has 2 rings (SSSR count). The molecule has 0 heteroatoms. The van der Waals surface area contributed by atoms with Crippen molar-refractivity contribution in [2.24, 2.45) is 11.8 Å². The summed E-state index contributed by atoms with van der Waals surface area (Å²) in [5.41, 5.74) is 2.89. The Morgan fingerprint density at radius 1 is 0.917 bits per heavy atom. The molecule has 0 aromatic heterocycles. The standard InChI is InChI=1S/C24H38/c1-3-4-15-23-17-10-11-18-24(23)16-9-8-12-21(2)19-20-22-13-6-5-7-14-22/h5-7,13-14,23-24H,2-4,8-12,15-20H2,1H3. The largest absolute Gasteiger partial charge is 0.0999 e. The van der Waals surface area contributed by atoms with Crippen LogP contribution in [0.5, 0.6) is 0 Å². The quantitative estimate of drug-likeness (QED) is 0.288. The maximum Gasteiger partial charge on any atom is -0.0242 e. The second-order valence-corrected chi connectivity index (χ2v) is 7.93. The Kier molecular flexibility index (Phi) is 9.24. The molecule has 0 amide bonds. The molecule has 1 aromatic carbocycles. The van der Waals surface area contributed by atoms with Crippen LogP contribution in [0.25, 0.3) is 0 Å². The molecule has 1 aromatic rings. The maximum atomic E-state index is 4.31. The van der Waals surface area contributed by atoms with Crippen LogP contribution in [-0.2, 0) is 6.42 Å². The van der Waals surface area contributed by atoms with Crippen LogP contribution in [0.15, 0.2) is 42.5 Å². The van der Waals surface area contributed by atoms with E-state index in [1.807, 2.05) is 0 Å². The zero-order valence-corrected chi connectivity index (χ0v) is 15.9. The van der Waals surface area contributed by atoms with Crippen LogP contribution < -0.4 is 0 Å². The number of hydrogen-bond donors (Lipinski definition) is 0. The van der Waals surface area contributed by atoms with Gasteiger partial charge in [0, 0.05) is 0 Å². The molecule has 0 spiro atoms. The van der Waals surface area contributed by atoms with Gasteiger partial charge in [-0.2, -0.15) is 0 Å². The molecular formula is C24H38. The molecule has 0 aliphatic heterocycles. The van der Waals surface area contributed by atoms with Crippen molar-refractivity contribution < 1.29 is 0 Å². The molecule has 1 aliphatic rings. The summed E-state index contributed by atoms with van der Waals surface area (Å²) in [7, 11) is 0. The molecule has 2 atom stereocenters. The first-order valence-corrected chi connectivity index (χ1v) is 10.5. The predicted octanol–water partition coefficient (Wildman–Crippen LogP) is 7.73. The van der Waals surface area contributed by atoms with Crippen LogP contribution in [0.2, 0.25) is 0 Å². The predicted molar refractivity (Wildman–Crippen MR) is 107 cm³/mol. The maximum absolute atomic E-state index is 4.31. The molecule has 2 unspecified atom stereocenters. The number of rotatable bonds is 11. The van der Waals surface area contributed by atoms with E-state index in [1.54, 1.807) is 0 Å². The number of allylic oxidation sites excluding steroid dienone is 1. The Bertz CT molecular complexity index is 444. The van der Waals surface area contributed by atoms with E-state index in [9.17, 15) is 0 Å². The second kappa shape index (κ2) is 11.5. The summed E-state index contributed by atoms with van der Waals surface area (Å²) in [6.45, 7) is 6.64.